The van der Waals surface area contributed by atoms with Crippen LogP contribution in [0, 0.1) is 30.1 Å². The summed E-state index contributed by atoms with van der Waals surface area (Å²) in [5.74, 6) is -0.191. The average Bonchev–Trinajstić information content (AvgIpc) is 3.50. The summed E-state index contributed by atoms with van der Waals surface area (Å²) in [6.07, 6.45) is 3.38. The van der Waals surface area contributed by atoms with E-state index in [1.54, 1.807) is 13.2 Å². The lowest BCUT2D eigenvalue weighted by atomic mass is 9.91. The molecule has 2 aliphatic rings. The lowest BCUT2D eigenvalue weighted by Crippen LogP contribution is -2.40. The van der Waals surface area contributed by atoms with Crippen molar-refractivity contribution in [1.29, 1.82) is 5.26 Å². The lowest BCUT2D eigenvalue weighted by molar-refractivity contribution is -0.126. The number of carbonyl (C=O) groups is 3. The van der Waals surface area contributed by atoms with Gasteiger partial charge in [0.15, 0.2) is 5.78 Å². The van der Waals surface area contributed by atoms with E-state index >= 15 is 0 Å². The van der Waals surface area contributed by atoms with Crippen molar-refractivity contribution in [2.45, 2.75) is 57.4 Å². The van der Waals surface area contributed by atoms with Gasteiger partial charge in [0.05, 0.1) is 18.9 Å². The maximum absolute atomic E-state index is 13.3. The first-order valence-electron chi connectivity index (χ1n) is 12.9. The van der Waals surface area contributed by atoms with Crippen LogP contribution >= 0.6 is 0 Å². The fraction of sp³-hybridized carbons (Fsp3) is 0.400. The molecule has 0 spiro atoms. The van der Waals surface area contributed by atoms with Crippen LogP contribution in [0.2, 0.25) is 0 Å². The lowest BCUT2D eigenvalue weighted by Gasteiger charge is -2.20. The summed E-state index contributed by atoms with van der Waals surface area (Å²) < 4.78 is 5.40. The number of nitrogens with one attached hydrogen (secondary N) is 2. The van der Waals surface area contributed by atoms with Crippen LogP contribution in [0.25, 0.3) is 10.9 Å². The van der Waals surface area contributed by atoms with Crippen LogP contribution in [0.15, 0.2) is 42.5 Å². The van der Waals surface area contributed by atoms with Gasteiger partial charge in [-0.1, -0.05) is 42.7 Å². The molecule has 1 amide bonds. The molecule has 2 aromatic carbocycles. The van der Waals surface area contributed by atoms with Gasteiger partial charge in [-0.05, 0) is 55.0 Å². The largest absolute Gasteiger partial charge is 0.496 e. The SMILES string of the molecule is COc1cccc2[nH]c(C(=O)CC(CC3CC3)C(=O)NC(C#N)CC3C(=O)Cc4cc(C)ccc43)cc12. The molecule has 37 heavy (non-hydrogen) atoms. The number of amides is 1. The third kappa shape index (κ3) is 5.29. The third-order valence-electron chi connectivity index (χ3n) is 7.63. The average molecular weight is 498 g/mol. The number of benzene rings is 2. The number of aromatic nitrogens is 1. The highest BCUT2D eigenvalue weighted by atomic mass is 16.5. The molecule has 7 nitrogen and oxygen atoms in total. The number of H-pyrrole nitrogens is 1. The molecule has 7 heteroatoms. The van der Waals surface area contributed by atoms with E-state index in [2.05, 4.69) is 16.4 Å². The predicted molar refractivity (Wildman–Crippen MR) is 139 cm³/mol. The maximum Gasteiger partial charge on any atom is 0.224 e. The third-order valence-corrected chi connectivity index (χ3v) is 7.63. The second-order valence-corrected chi connectivity index (χ2v) is 10.4. The van der Waals surface area contributed by atoms with E-state index in [-0.39, 0.29) is 30.3 Å². The van der Waals surface area contributed by atoms with Crippen molar-refractivity contribution in [3.8, 4) is 11.8 Å². The van der Waals surface area contributed by atoms with Crippen LogP contribution < -0.4 is 10.1 Å². The van der Waals surface area contributed by atoms with Gasteiger partial charge in [-0.15, -0.1) is 0 Å². The number of methoxy groups -OCH3 is 1. The molecule has 0 radical (unpaired) electrons. The zero-order chi connectivity index (χ0) is 26.1. The maximum atomic E-state index is 13.3. The molecule has 3 atom stereocenters. The van der Waals surface area contributed by atoms with Crippen molar-refractivity contribution in [3.05, 3.63) is 64.8 Å². The summed E-state index contributed by atoms with van der Waals surface area (Å²) in [5.41, 5.74) is 4.29. The fourth-order valence-corrected chi connectivity index (χ4v) is 5.47. The van der Waals surface area contributed by atoms with Gasteiger partial charge >= 0.3 is 0 Å². The molecule has 0 aliphatic heterocycles. The van der Waals surface area contributed by atoms with E-state index in [0.29, 0.717) is 30.2 Å². The van der Waals surface area contributed by atoms with E-state index in [0.717, 1.165) is 40.4 Å². The number of ether oxygens (including phenoxy) is 1. The number of fused-ring (bicyclic) bond motifs is 2. The van der Waals surface area contributed by atoms with Crippen molar-refractivity contribution in [2.75, 3.05) is 7.11 Å². The highest BCUT2D eigenvalue weighted by molar-refractivity contribution is 6.02. The van der Waals surface area contributed by atoms with Crippen LogP contribution in [0.3, 0.4) is 0 Å². The molecule has 2 N–H and O–H groups in total. The molecular formula is C30H31N3O4. The van der Waals surface area contributed by atoms with Crippen molar-refractivity contribution in [3.63, 3.8) is 0 Å². The van der Waals surface area contributed by atoms with Crippen molar-refractivity contribution < 1.29 is 19.1 Å². The van der Waals surface area contributed by atoms with Crippen LogP contribution in [0.4, 0.5) is 0 Å². The molecule has 1 heterocycles. The minimum Gasteiger partial charge on any atom is -0.496 e. The van der Waals surface area contributed by atoms with Gasteiger partial charge in [0.2, 0.25) is 5.91 Å². The molecule has 190 valence electrons. The summed E-state index contributed by atoms with van der Waals surface area (Å²) in [6.45, 7) is 1.99. The van der Waals surface area contributed by atoms with Gasteiger partial charge in [-0.25, -0.2) is 0 Å². The minimum absolute atomic E-state index is 0.0556. The number of hydrogen-bond acceptors (Lipinski definition) is 5. The van der Waals surface area contributed by atoms with Gasteiger partial charge in [0.25, 0.3) is 0 Å². The number of carbonyl (C=O) groups excluding carboxylic acids is 3. The molecule has 0 saturated heterocycles. The molecule has 3 aromatic rings. The summed E-state index contributed by atoms with van der Waals surface area (Å²) in [4.78, 5) is 42.4. The Bertz CT molecular complexity index is 1410. The van der Waals surface area contributed by atoms with Crippen LogP contribution in [-0.2, 0) is 16.0 Å². The second-order valence-electron chi connectivity index (χ2n) is 10.4. The Balaban J connectivity index is 1.29. The van der Waals surface area contributed by atoms with Gasteiger partial charge < -0.3 is 15.0 Å². The van der Waals surface area contributed by atoms with Crippen LogP contribution in [0.5, 0.6) is 5.75 Å². The quantitative estimate of drug-likeness (QED) is 0.392. The second kappa shape index (κ2) is 10.2. The molecule has 1 saturated carbocycles. The fourth-order valence-electron chi connectivity index (χ4n) is 5.47. The van der Waals surface area contributed by atoms with E-state index in [4.69, 9.17) is 4.74 Å². The monoisotopic (exact) mass is 497 g/mol. The number of nitrogens with zero attached hydrogens (tertiary/aromatic N) is 1. The highest BCUT2D eigenvalue weighted by Crippen LogP contribution is 2.38. The van der Waals surface area contributed by atoms with Gasteiger partial charge in [-0.3, -0.25) is 14.4 Å². The number of ketones is 2. The summed E-state index contributed by atoms with van der Waals surface area (Å²) >= 11 is 0. The Hall–Kier alpha value is -3.92. The standard InChI is InChI=1S/C30H31N3O4/c1-17-6-9-22-19(10-17)12-27(34)23(22)14-21(16-31)32-30(36)20(11-18-7-8-18)13-28(35)26-15-24-25(33-26)4-3-5-29(24)37-2/h3-6,9-10,15,18,20-21,23,33H,7-8,11-14H2,1-2H3,(H,32,36). The Kier molecular flexibility index (Phi) is 6.84. The number of aryl methyl sites for hydroxylation is 1. The number of rotatable bonds is 10. The normalized spacial score (nSPS) is 18.2. The molecule has 1 aromatic heterocycles. The van der Waals surface area contributed by atoms with Crippen molar-refractivity contribution in [2.24, 2.45) is 11.8 Å². The van der Waals surface area contributed by atoms with Crippen LogP contribution in [0.1, 0.15) is 65.2 Å². The minimum atomic E-state index is -0.803. The number of hydrogen-bond donors (Lipinski definition) is 2. The molecule has 3 unspecified atom stereocenters. The number of nitriles is 1. The number of aromatic amines is 1. The van der Waals surface area contributed by atoms with Gasteiger partial charge in [0.1, 0.15) is 17.6 Å². The Morgan fingerprint density at radius 2 is 2.00 bits per heavy atom. The van der Waals surface area contributed by atoms with Crippen molar-refractivity contribution >= 4 is 28.4 Å². The number of Topliss-reactive ketones (excluding diaryl/α,β-unsaturated/α-hetero) is 2. The summed E-state index contributed by atoms with van der Waals surface area (Å²) in [6, 6.07) is 14.7. The first-order valence-corrected chi connectivity index (χ1v) is 12.9. The molecule has 1 fully saturated rings. The smallest absolute Gasteiger partial charge is 0.224 e. The zero-order valence-corrected chi connectivity index (χ0v) is 21.2. The van der Waals surface area contributed by atoms with E-state index in [9.17, 15) is 19.6 Å². The zero-order valence-electron chi connectivity index (χ0n) is 21.2. The topological polar surface area (TPSA) is 112 Å². The summed E-state index contributed by atoms with van der Waals surface area (Å²) in [5, 5.41) is 13.5. The first kappa shape index (κ1) is 24.8. The van der Waals surface area contributed by atoms with Crippen molar-refractivity contribution in [1.82, 2.24) is 10.3 Å². The molecule has 2 aliphatic carbocycles. The van der Waals surface area contributed by atoms with Crippen LogP contribution in [-0.4, -0.2) is 35.6 Å². The molecular weight excluding hydrogens is 466 g/mol. The van der Waals surface area contributed by atoms with Gasteiger partial charge in [-0.2, -0.15) is 5.26 Å². The Morgan fingerprint density at radius 3 is 2.73 bits per heavy atom. The first-order chi connectivity index (χ1) is 17.9. The van der Waals surface area contributed by atoms with E-state index in [1.165, 1.54) is 0 Å². The van der Waals surface area contributed by atoms with E-state index < -0.39 is 17.9 Å². The van der Waals surface area contributed by atoms with E-state index in [1.807, 2.05) is 43.3 Å². The summed E-state index contributed by atoms with van der Waals surface area (Å²) in [7, 11) is 1.59. The highest BCUT2D eigenvalue weighted by Gasteiger charge is 2.35. The molecule has 5 rings (SSSR count). The molecule has 0 bridgehead atoms. The predicted octanol–water partition coefficient (Wildman–Crippen LogP) is 4.78. The Labute approximate surface area is 216 Å². The Morgan fingerprint density at radius 1 is 1.19 bits per heavy atom. The van der Waals surface area contributed by atoms with Gasteiger partial charge in [0, 0.05) is 35.6 Å².